The third-order valence-electron chi connectivity index (χ3n) is 2.74. The Balaban J connectivity index is 3.31. The highest BCUT2D eigenvalue weighted by Crippen LogP contribution is 2.34. The van der Waals surface area contributed by atoms with Crippen molar-refractivity contribution in [2.45, 2.75) is 34.6 Å². The van der Waals surface area contributed by atoms with Gasteiger partial charge in [-0.25, -0.2) is 4.79 Å². The van der Waals surface area contributed by atoms with E-state index in [-0.39, 0.29) is 0 Å². The first kappa shape index (κ1) is 16.0. The van der Waals surface area contributed by atoms with Crippen LogP contribution in [0.3, 0.4) is 0 Å². The fourth-order valence-electron chi connectivity index (χ4n) is 2.01. The number of hydrogen-bond acceptors (Lipinski definition) is 4. The number of hydrogen-bond donors (Lipinski definition) is 0. The molecule has 1 aromatic rings. The Labute approximate surface area is 119 Å². The summed E-state index contributed by atoms with van der Waals surface area (Å²) in [7, 11) is 0. The topological polar surface area (TPSA) is 55.8 Å². The van der Waals surface area contributed by atoms with Crippen LogP contribution in [0.2, 0.25) is 0 Å². The lowest BCUT2D eigenvalue weighted by Crippen LogP contribution is -2.32. The van der Waals surface area contributed by atoms with Crippen LogP contribution in [0.5, 0.6) is 5.75 Å². The van der Waals surface area contributed by atoms with E-state index in [1.54, 1.807) is 6.92 Å². The minimum Gasteiger partial charge on any atom is -0.449 e. The normalized spacial score (nSPS) is 10.1. The lowest BCUT2D eigenvalue weighted by atomic mass is 10.1. The molecular formula is C15H21NO4. The highest BCUT2D eigenvalue weighted by molar-refractivity contribution is 5.91. The van der Waals surface area contributed by atoms with E-state index >= 15 is 0 Å². The molecule has 0 aliphatic rings. The van der Waals surface area contributed by atoms with Crippen molar-refractivity contribution in [3.8, 4) is 5.75 Å². The SMILES string of the molecule is CCOC(=O)N(CC)c1cc(C)cc(C)c1OC(C)=O. The van der Waals surface area contributed by atoms with Crippen molar-refractivity contribution >= 4 is 17.7 Å². The molecule has 0 saturated heterocycles. The number of ether oxygens (including phenoxy) is 2. The molecule has 0 radical (unpaired) electrons. The van der Waals surface area contributed by atoms with E-state index < -0.39 is 12.1 Å². The van der Waals surface area contributed by atoms with E-state index in [2.05, 4.69) is 0 Å². The molecular weight excluding hydrogens is 258 g/mol. The van der Waals surface area contributed by atoms with E-state index in [0.717, 1.165) is 11.1 Å². The van der Waals surface area contributed by atoms with Crippen LogP contribution in [0.4, 0.5) is 10.5 Å². The summed E-state index contributed by atoms with van der Waals surface area (Å²) in [5.41, 5.74) is 2.34. The van der Waals surface area contributed by atoms with Crippen LogP contribution >= 0.6 is 0 Å². The number of benzene rings is 1. The van der Waals surface area contributed by atoms with Gasteiger partial charge in [0, 0.05) is 13.5 Å². The Kier molecular flexibility index (Phi) is 5.55. The van der Waals surface area contributed by atoms with Gasteiger partial charge in [-0.1, -0.05) is 6.07 Å². The second kappa shape index (κ2) is 6.93. The van der Waals surface area contributed by atoms with Crippen molar-refractivity contribution < 1.29 is 19.1 Å². The zero-order chi connectivity index (χ0) is 15.3. The number of carbonyl (C=O) groups is 2. The van der Waals surface area contributed by atoms with Crippen molar-refractivity contribution in [1.29, 1.82) is 0 Å². The highest BCUT2D eigenvalue weighted by atomic mass is 16.6. The Hall–Kier alpha value is -2.04. The van der Waals surface area contributed by atoms with Gasteiger partial charge in [-0.05, 0) is 44.9 Å². The molecule has 0 aliphatic carbocycles. The van der Waals surface area contributed by atoms with Gasteiger partial charge in [0.2, 0.25) is 0 Å². The lowest BCUT2D eigenvalue weighted by Gasteiger charge is -2.23. The van der Waals surface area contributed by atoms with Gasteiger partial charge >= 0.3 is 12.1 Å². The standard InChI is InChI=1S/C15H21NO4/c1-6-16(15(18)19-7-2)13-9-10(3)8-11(4)14(13)20-12(5)17/h8-9H,6-7H2,1-5H3. The Morgan fingerprint density at radius 1 is 1.20 bits per heavy atom. The predicted octanol–water partition coefficient (Wildman–Crippen LogP) is 3.21. The second-order valence-corrected chi connectivity index (χ2v) is 4.47. The molecule has 0 spiro atoms. The molecule has 0 atom stereocenters. The first-order valence-electron chi connectivity index (χ1n) is 6.64. The zero-order valence-electron chi connectivity index (χ0n) is 12.6. The van der Waals surface area contributed by atoms with Crippen LogP contribution in [-0.2, 0) is 9.53 Å². The van der Waals surface area contributed by atoms with E-state index in [9.17, 15) is 9.59 Å². The molecule has 1 aromatic carbocycles. The van der Waals surface area contributed by atoms with Gasteiger partial charge in [-0.2, -0.15) is 0 Å². The number of nitrogens with zero attached hydrogens (tertiary/aromatic N) is 1. The van der Waals surface area contributed by atoms with Gasteiger partial charge in [0.25, 0.3) is 0 Å². The second-order valence-electron chi connectivity index (χ2n) is 4.47. The van der Waals surface area contributed by atoms with E-state index in [1.165, 1.54) is 11.8 Å². The Morgan fingerprint density at radius 2 is 1.85 bits per heavy atom. The van der Waals surface area contributed by atoms with Crippen LogP contribution in [0, 0.1) is 13.8 Å². The van der Waals surface area contributed by atoms with Crippen LogP contribution in [-0.4, -0.2) is 25.2 Å². The molecule has 0 fully saturated rings. The molecule has 5 heteroatoms. The van der Waals surface area contributed by atoms with Gasteiger partial charge < -0.3 is 9.47 Å². The van der Waals surface area contributed by atoms with Crippen molar-refractivity contribution in [3.63, 3.8) is 0 Å². The van der Waals surface area contributed by atoms with Gasteiger partial charge in [0.05, 0.1) is 12.3 Å². The van der Waals surface area contributed by atoms with Crippen molar-refractivity contribution in [2.75, 3.05) is 18.1 Å². The molecule has 0 heterocycles. The number of esters is 1. The summed E-state index contributed by atoms with van der Waals surface area (Å²) >= 11 is 0. The van der Waals surface area contributed by atoms with E-state index in [4.69, 9.17) is 9.47 Å². The molecule has 0 aliphatic heterocycles. The number of anilines is 1. The third-order valence-corrected chi connectivity index (χ3v) is 2.74. The predicted molar refractivity (Wildman–Crippen MR) is 77.3 cm³/mol. The highest BCUT2D eigenvalue weighted by Gasteiger charge is 2.21. The van der Waals surface area contributed by atoms with Crippen LogP contribution in [0.15, 0.2) is 12.1 Å². The molecule has 1 amide bonds. The van der Waals surface area contributed by atoms with Crippen LogP contribution in [0.25, 0.3) is 0 Å². The van der Waals surface area contributed by atoms with Crippen LogP contribution in [0.1, 0.15) is 31.9 Å². The Morgan fingerprint density at radius 3 is 2.35 bits per heavy atom. The van der Waals surface area contributed by atoms with E-state index in [0.29, 0.717) is 24.6 Å². The molecule has 0 aromatic heterocycles. The summed E-state index contributed by atoms with van der Waals surface area (Å²) in [6.45, 7) is 9.41. The summed E-state index contributed by atoms with van der Waals surface area (Å²) in [6, 6.07) is 3.71. The summed E-state index contributed by atoms with van der Waals surface area (Å²) in [5.74, 6) is -0.0175. The number of rotatable bonds is 4. The number of carbonyl (C=O) groups excluding carboxylic acids is 2. The van der Waals surface area contributed by atoms with Crippen molar-refractivity contribution in [2.24, 2.45) is 0 Å². The smallest absolute Gasteiger partial charge is 0.414 e. The largest absolute Gasteiger partial charge is 0.449 e. The van der Waals surface area contributed by atoms with Crippen molar-refractivity contribution in [1.82, 2.24) is 0 Å². The molecule has 0 saturated carbocycles. The maximum absolute atomic E-state index is 12.0. The first-order chi connectivity index (χ1) is 9.40. The molecule has 110 valence electrons. The minimum absolute atomic E-state index is 0.295. The minimum atomic E-state index is -0.451. The lowest BCUT2D eigenvalue weighted by molar-refractivity contribution is -0.131. The molecule has 0 unspecified atom stereocenters. The monoisotopic (exact) mass is 279 g/mol. The summed E-state index contributed by atoms with van der Waals surface area (Å²) in [4.78, 5) is 24.7. The molecule has 0 N–H and O–H groups in total. The summed E-state index contributed by atoms with van der Waals surface area (Å²) in [6.07, 6.45) is -0.451. The summed E-state index contributed by atoms with van der Waals surface area (Å²) in [5, 5.41) is 0. The van der Waals surface area contributed by atoms with Gasteiger partial charge in [0.1, 0.15) is 0 Å². The van der Waals surface area contributed by atoms with Crippen molar-refractivity contribution in [3.05, 3.63) is 23.3 Å². The van der Waals surface area contributed by atoms with Gasteiger partial charge in [-0.15, -0.1) is 0 Å². The number of amides is 1. The molecule has 1 rings (SSSR count). The van der Waals surface area contributed by atoms with Crippen LogP contribution < -0.4 is 9.64 Å². The summed E-state index contributed by atoms with van der Waals surface area (Å²) < 4.78 is 10.3. The molecule has 5 nitrogen and oxygen atoms in total. The maximum Gasteiger partial charge on any atom is 0.414 e. The average Bonchev–Trinajstić information content (AvgIpc) is 2.34. The Bertz CT molecular complexity index is 511. The fourth-order valence-corrected chi connectivity index (χ4v) is 2.01. The average molecular weight is 279 g/mol. The molecule has 20 heavy (non-hydrogen) atoms. The van der Waals surface area contributed by atoms with E-state index in [1.807, 2.05) is 32.9 Å². The quantitative estimate of drug-likeness (QED) is 0.627. The first-order valence-corrected chi connectivity index (χ1v) is 6.64. The van der Waals surface area contributed by atoms with Gasteiger partial charge in [-0.3, -0.25) is 9.69 Å². The maximum atomic E-state index is 12.0. The fraction of sp³-hybridized carbons (Fsp3) is 0.467. The molecule has 0 bridgehead atoms. The third kappa shape index (κ3) is 3.73. The number of aryl methyl sites for hydroxylation is 2. The zero-order valence-corrected chi connectivity index (χ0v) is 12.6. The van der Waals surface area contributed by atoms with Gasteiger partial charge in [0.15, 0.2) is 5.75 Å².